The van der Waals surface area contributed by atoms with Gasteiger partial charge in [-0.25, -0.2) is 0 Å². The fraction of sp³-hybridized carbons (Fsp3) is 0.583. The van der Waals surface area contributed by atoms with Crippen molar-refractivity contribution < 1.29 is 19.7 Å². The second-order valence-corrected chi connectivity index (χ2v) is 8.99. The fourth-order valence-electron chi connectivity index (χ4n) is 4.91. The van der Waals surface area contributed by atoms with Gasteiger partial charge in [-0.1, -0.05) is 0 Å². The zero-order chi connectivity index (χ0) is 21.1. The van der Waals surface area contributed by atoms with Crippen LogP contribution in [0.4, 0.5) is 0 Å². The van der Waals surface area contributed by atoms with Gasteiger partial charge < -0.3 is 19.8 Å². The van der Waals surface area contributed by atoms with Gasteiger partial charge in [0.05, 0.1) is 18.7 Å². The molecule has 0 radical (unpaired) electrons. The van der Waals surface area contributed by atoms with Gasteiger partial charge in [0, 0.05) is 31.1 Å². The summed E-state index contributed by atoms with van der Waals surface area (Å²) in [6, 6.07) is 7.57. The number of benzene rings is 1. The van der Waals surface area contributed by atoms with E-state index in [-0.39, 0.29) is 12.3 Å². The fourth-order valence-corrected chi connectivity index (χ4v) is 4.91. The average molecular weight is 413 g/mol. The van der Waals surface area contributed by atoms with Crippen LogP contribution in [0.15, 0.2) is 30.5 Å². The van der Waals surface area contributed by atoms with E-state index >= 15 is 0 Å². The summed E-state index contributed by atoms with van der Waals surface area (Å²) in [5.74, 6) is 1.36. The van der Waals surface area contributed by atoms with E-state index in [1.165, 1.54) is 12.8 Å². The van der Waals surface area contributed by atoms with Crippen molar-refractivity contribution in [2.45, 2.75) is 44.6 Å². The van der Waals surface area contributed by atoms with E-state index in [1.54, 1.807) is 13.3 Å². The van der Waals surface area contributed by atoms with Crippen molar-refractivity contribution >= 4 is 16.9 Å². The minimum Gasteiger partial charge on any atom is -0.497 e. The van der Waals surface area contributed by atoms with Gasteiger partial charge in [-0.05, 0) is 86.2 Å². The minimum atomic E-state index is -0.717. The standard InChI is InChI=1S/C24H32N2O4/c1-30-19-5-6-22-21(13-19)20(8-10-25-22)23(27)7-4-17-9-11-26(14-16-2-3-16)15-18(17)12-24(28)29/h5-6,8,10,13,16-18,23,27H,2-4,7,9,11-12,14-15H2,1H3,(H,28,29)/t17-,18+,23?/m1/s1. The smallest absolute Gasteiger partial charge is 0.303 e. The third-order valence-electron chi connectivity index (χ3n) is 6.78. The third kappa shape index (κ3) is 5.10. The normalized spacial score (nSPS) is 23.4. The van der Waals surface area contributed by atoms with E-state index < -0.39 is 12.1 Å². The molecule has 2 fully saturated rings. The predicted octanol–water partition coefficient (Wildman–Crippen LogP) is 3.88. The molecule has 1 aliphatic heterocycles. The van der Waals surface area contributed by atoms with Gasteiger partial charge in [-0.15, -0.1) is 0 Å². The molecular weight excluding hydrogens is 380 g/mol. The number of piperidine rings is 1. The lowest BCUT2D eigenvalue weighted by Gasteiger charge is -2.38. The highest BCUT2D eigenvalue weighted by atomic mass is 16.5. The maximum absolute atomic E-state index is 11.4. The molecule has 30 heavy (non-hydrogen) atoms. The maximum atomic E-state index is 11.4. The molecule has 6 heteroatoms. The van der Waals surface area contributed by atoms with E-state index in [0.717, 1.165) is 60.6 Å². The molecule has 1 aromatic carbocycles. The summed E-state index contributed by atoms with van der Waals surface area (Å²) >= 11 is 0. The van der Waals surface area contributed by atoms with Gasteiger partial charge in [0.15, 0.2) is 0 Å². The molecule has 2 heterocycles. The Hall–Kier alpha value is -2.18. The Morgan fingerprint density at radius 2 is 2.10 bits per heavy atom. The molecule has 1 saturated carbocycles. The van der Waals surface area contributed by atoms with Crippen LogP contribution >= 0.6 is 0 Å². The Kier molecular flexibility index (Phi) is 6.54. The van der Waals surface area contributed by atoms with E-state index in [0.29, 0.717) is 12.3 Å². The summed E-state index contributed by atoms with van der Waals surface area (Å²) in [4.78, 5) is 18.3. The molecule has 1 unspecified atom stereocenters. The number of fused-ring (bicyclic) bond motifs is 1. The molecule has 1 saturated heterocycles. The summed E-state index contributed by atoms with van der Waals surface area (Å²) in [5, 5.41) is 21.3. The molecule has 3 atom stereocenters. The zero-order valence-corrected chi connectivity index (χ0v) is 17.7. The minimum absolute atomic E-state index is 0.163. The Morgan fingerprint density at radius 3 is 2.83 bits per heavy atom. The molecule has 4 rings (SSSR count). The topological polar surface area (TPSA) is 82.9 Å². The van der Waals surface area contributed by atoms with Gasteiger partial charge in [0.25, 0.3) is 0 Å². The Labute approximate surface area is 177 Å². The van der Waals surface area contributed by atoms with Crippen LogP contribution < -0.4 is 4.74 Å². The van der Waals surface area contributed by atoms with Crippen LogP contribution in [0.25, 0.3) is 10.9 Å². The van der Waals surface area contributed by atoms with Crippen LogP contribution in [-0.2, 0) is 4.79 Å². The second-order valence-electron chi connectivity index (χ2n) is 8.99. The Balaban J connectivity index is 1.42. The quantitative estimate of drug-likeness (QED) is 0.650. The molecule has 2 aromatic rings. The number of aliphatic carboxylic acids is 1. The van der Waals surface area contributed by atoms with Crippen molar-refractivity contribution in [3.63, 3.8) is 0 Å². The molecular formula is C24H32N2O4. The number of hydrogen-bond acceptors (Lipinski definition) is 5. The van der Waals surface area contributed by atoms with Crippen molar-refractivity contribution in [3.05, 3.63) is 36.0 Å². The molecule has 0 bridgehead atoms. The lowest BCUT2D eigenvalue weighted by Crippen LogP contribution is -2.42. The summed E-state index contributed by atoms with van der Waals surface area (Å²) in [5.41, 5.74) is 1.70. The molecule has 1 aliphatic carbocycles. The van der Waals surface area contributed by atoms with Crippen LogP contribution in [0.5, 0.6) is 5.75 Å². The number of carbonyl (C=O) groups is 1. The second kappa shape index (κ2) is 9.31. The molecule has 0 amide bonds. The summed E-state index contributed by atoms with van der Waals surface area (Å²) < 4.78 is 5.34. The number of aromatic nitrogens is 1. The lowest BCUT2D eigenvalue weighted by atomic mass is 9.79. The van der Waals surface area contributed by atoms with E-state index in [1.807, 2.05) is 24.3 Å². The van der Waals surface area contributed by atoms with Crippen molar-refractivity contribution in [2.24, 2.45) is 17.8 Å². The van der Waals surface area contributed by atoms with Gasteiger partial charge >= 0.3 is 5.97 Å². The van der Waals surface area contributed by atoms with Gasteiger partial charge in [-0.3, -0.25) is 9.78 Å². The number of aliphatic hydroxyl groups excluding tert-OH is 1. The third-order valence-corrected chi connectivity index (χ3v) is 6.78. The number of hydrogen-bond donors (Lipinski definition) is 2. The Morgan fingerprint density at radius 1 is 1.27 bits per heavy atom. The molecule has 0 spiro atoms. The average Bonchev–Trinajstić information content (AvgIpc) is 3.55. The summed E-state index contributed by atoms with van der Waals surface area (Å²) in [6.07, 6.45) is 6.47. The number of nitrogens with zero attached hydrogens (tertiary/aromatic N) is 2. The molecule has 162 valence electrons. The van der Waals surface area contributed by atoms with Crippen LogP contribution in [0.1, 0.15) is 50.2 Å². The summed E-state index contributed by atoms with van der Waals surface area (Å²) in [7, 11) is 1.63. The number of ether oxygens (including phenoxy) is 1. The highest BCUT2D eigenvalue weighted by Crippen LogP contribution is 2.36. The van der Waals surface area contributed by atoms with Gasteiger partial charge in [-0.2, -0.15) is 0 Å². The van der Waals surface area contributed by atoms with E-state index in [4.69, 9.17) is 4.74 Å². The van der Waals surface area contributed by atoms with Crippen molar-refractivity contribution in [2.75, 3.05) is 26.7 Å². The van der Waals surface area contributed by atoms with Gasteiger partial charge in [0.1, 0.15) is 5.75 Å². The van der Waals surface area contributed by atoms with Crippen molar-refractivity contribution in [3.8, 4) is 5.75 Å². The first kappa shape index (κ1) is 21.1. The number of rotatable bonds is 9. The zero-order valence-electron chi connectivity index (χ0n) is 17.7. The molecule has 2 aliphatic rings. The van der Waals surface area contributed by atoms with Crippen molar-refractivity contribution in [1.82, 2.24) is 9.88 Å². The SMILES string of the molecule is COc1ccc2nccc(C(O)CC[C@@H]3CCN(CC4CC4)C[C@@H]3CC(=O)O)c2c1. The summed E-state index contributed by atoms with van der Waals surface area (Å²) in [6.45, 7) is 3.04. The van der Waals surface area contributed by atoms with Gasteiger partial charge in [0.2, 0.25) is 0 Å². The van der Waals surface area contributed by atoms with E-state index in [9.17, 15) is 15.0 Å². The first-order chi connectivity index (χ1) is 14.5. The number of likely N-dealkylation sites (tertiary alicyclic amines) is 1. The van der Waals surface area contributed by atoms with Crippen LogP contribution in [0.2, 0.25) is 0 Å². The number of carboxylic acid groups (broad SMARTS) is 1. The first-order valence-electron chi connectivity index (χ1n) is 11.1. The highest BCUT2D eigenvalue weighted by Gasteiger charge is 2.33. The predicted molar refractivity (Wildman–Crippen MR) is 116 cm³/mol. The molecule has 6 nitrogen and oxygen atoms in total. The molecule has 1 aromatic heterocycles. The number of carboxylic acids is 1. The lowest BCUT2D eigenvalue weighted by molar-refractivity contribution is -0.139. The maximum Gasteiger partial charge on any atom is 0.303 e. The number of pyridine rings is 1. The monoisotopic (exact) mass is 412 g/mol. The largest absolute Gasteiger partial charge is 0.497 e. The van der Waals surface area contributed by atoms with Crippen LogP contribution in [0, 0.1) is 17.8 Å². The number of methoxy groups -OCH3 is 1. The van der Waals surface area contributed by atoms with E-state index in [2.05, 4.69) is 9.88 Å². The highest BCUT2D eigenvalue weighted by molar-refractivity contribution is 5.83. The first-order valence-corrected chi connectivity index (χ1v) is 11.1. The molecule has 2 N–H and O–H groups in total. The Bertz CT molecular complexity index is 883. The van der Waals surface area contributed by atoms with Crippen LogP contribution in [0.3, 0.4) is 0 Å². The number of aliphatic hydroxyl groups is 1. The van der Waals surface area contributed by atoms with Crippen LogP contribution in [-0.4, -0.2) is 52.8 Å². The van der Waals surface area contributed by atoms with Crippen molar-refractivity contribution in [1.29, 1.82) is 0 Å².